The van der Waals surface area contributed by atoms with Gasteiger partial charge < -0.3 is 10.1 Å². The molecule has 2 heterocycles. The molecular formula is C12H20N2O. The lowest BCUT2D eigenvalue weighted by Gasteiger charge is -2.10. The minimum absolute atomic E-state index is 0.439. The van der Waals surface area contributed by atoms with Crippen LogP contribution in [0.3, 0.4) is 0 Å². The Kier molecular flexibility index (Phi) is 5.12. The summed E-state index contributed by atoms with van der Waals surface area (Å²) in [5.74, 6) is 0.954. The van der Waals surface area contributed by atoms with Crippen molar-refractivity contribution in [2.45, 2.75) is 33.2 Å². The topological polar surface area (TPSA) is 34.2 Å². The summed E-state index contributed by atoms with van der Waals surface area (Å²) in [6.07, 6.45) is 2.91. The molecule has 1 fully saturated rings. The number of hydrogen-bond donors (Lipinski definition) is 1. The highest BCUT2D eigenvalue weighted by molar-refractivity contribution is 5.38. The fourth-order valence-electron chi connectivity index (χ4n) is 1.47. The Morgan fingerprint density at radius 3 is 2.87 bits per heavy atom. The lowest BCUT2D eigenvalue weighted by molar-refractivity contribution is 0.195. The molecule has 1 saturated heterocycles. The van der Waals surface area contributed by atoms with Gasteiger partial charge in [0, 0.05) is 12.8 Å². The molecule has 15 heavy (non-hydrogen) atoms. The molecule has 1 aromatic heterocycles. The SMILES string of the molecule is CC.Cc1ccnc(NC2CCOC2)c1. The van der Waals surface area contributed by atoms with Gasteiger partial charge >= 0.3 is 0 Å². The van der Waals surface area contributed by atoms with E-state index in [1.807, 2.05) is 26.1 Å². The fraction of sp³-hybridized carbons (Fsp3) is 0.583. The molecule has 0 radical (unpaired) electrons. The summed E-state index contributed by atoms with van der Waals surface area (Å²) in [6.45, 7) is 7.73. The maximum absolute atomic E-state index is 5.27. The molecule has 0 amide bonds. The third-order valence-corrected chi connectivity index (χ3v) is 2.20. The van der Waals surface area contributed by atoms with Crippen molar-refractivity contribution in [1.82, 2.24) is 4.98 Å². The van der Waals surface area contributed by atoms with Gasteiger partial charge in [0.15, 0.2) is 0 Å². The first-order valence-corrected chi connectivity index (χ1v) is 5.61. The molecule has 84 valence electrons. The first kappa shape index (κ1) is 12.0. The Balaban J connectivity index is 0.000000531. The van der Waals surface area contributed by atoms with Crippen LogP contribution in [0.1, 0.15) is 25.8 Å². The van der Waals surface area contributed by atoms with Crippen LogP contribution >= 0.6 is 0 Å². The van der Waals surface area contributed by atoms with Crippen molar-refractivity contribution in [3.63, 3.8) is 0 Å². The van der Waals surface area contributed by atoms with Crippen LogP contribution in [-0.2, 0) is 4.74 Å². The molecule has 3 nitrogen and oxygen atoms in total. The maximum atomic E-state index is 5.27. The van der Waals surface area contributed by atoms with Crippen molar-refractivity contribution in [3.8, 4) is 0 Å². The number of aryl methyl sites for hydroxylation is 1. The highest BCUT2D eigenvalue weighted by atomic mass is 16.5. The van der Waals surface area contributed by atoms with Crippen LogP contribution in [-0.4, -0.2) is 24.2 Å². The zero-order chi connectivity index (χ0) is 11.1. The zero-order valence-corrected chi connectivity index (χ0v) is 9.79. The van der Waals surface area contributed by atoms with Crippen LogP contribution in [0.25, 0.3) is 0 Å². The van der Waals surface area contributed by atoms with Crippen molar-refractivity contribution < 1.29 is 4.74 Å². The van der Waals surface area contributed by atoms with Gasteiger partial charge in [-0.15, -0.1) is 0 Å². The summed E-state index contributed by atoms with van der Waals surface area (Å²) < 4.78 is 5.27. The third-order valence-electron chi connectivity index (χ3n) is 2.20. The van der Waals surface area contributed by atoms with E-state index in [2.05, 4.69) is 23.3 Å². The maximum Gasteiger partial charge on any atom is 0.126 e. The highest BCUT2D eigenvalue weighted by Crippen LogP contribution is 2.12. The number of nitrogens with one attached hydrogen (secondary N) is 1. The average molecular weight is 208 g/mol. The Morgan fingerprint density at radius 2 is 2.27 bits per heavy atom. The van der Waals surface area contributed by atoms with Gasteiger partial charge in [-0.1, -0.05) is 13.8 Å². The van der Waals surface area contributed by atoms with Crippen molar-refractivity contribution in [2.24, 2.45) is 0 Å². The van der Waals surface area contributed by atoms with Crippen molar-refractivity contribution in [2.75, 3.05) is 18.5 Å². The molecule has 1 aliphatic rings. The summed E-state index contributed by atoms with van der Waals surface area (Å²) in [7, 11) is 0. The summed E-state index contributed by atoms with van der Waals surface area (Å²) in [5.41, 5.74) is 1.23. The van der Waals surface area contributed by atoms with Gasteiger partial charge in [0.1, 0.15) is 5.82 Å². The lowest BCUT2D eigenvalue weighted by atomic mass is 10.2. The lowest BCUT2D eigenvalue weighted by Crippen LogP contribution is -2.19. The molecule has 1 unspecified atom stereocenters. The standard InChI is InChI=1S/C10H14N2O.C2H6/c1-8-2-4-11-10(6-8)12-9-3-5-13-7-9;1-2/h2,4,6,9H,3,5,7H2,1H3,(H,11,12);1-2H3. The number of anilines is 1. The number of aromatic nitrogens is 1. The van der Waals surface area contributed by atoms with E-state index in [-0.39, 0.29) is 0 Å². The normalized spacial score (nSPS) is 19.3. The minimum atomic E-state index is 0.439. The van der Waals surface area contributed by atoms with Gasteiger partial charge in [-0.3, -0.25) is 0 Å². The van der Waals surface area contributed by atoms with E-state index in [4.69, 9.17) is 4.74 Å². The monoisotopic (exact) mass is 208 g/mol. The molecule has 1 aliphatic heterocycles. The van der Waals surface area contributed by atoms with E-state index in [9.17, 15) is 0 Å². The highest BCUT2D eigenvalue weighted by Gasteiger charge is 2.15. The van der Waals surface area contributed by atoms with Crippen LogP contribution in [0.15, 0.2) is 18.3 Å². The number of pyridine rings is 1. The largest absolute Gasteiger partial charge is 0.379 e. The van der Waals surface area contributed by atoms with Gasteiger partial charge in [0.2, 0.25) is 0 Å². The summed E-state index contributed by atoms with van der Waals surface area (Å²) in [5, 5.41) is 3.35. The van der Waals surface area contributed by atoms with E-state index < -0.39 is 0 Å². The first-order chi connectivity index (χ1) is 7.34. The number of hydrogen-bond acceptors (Lipinski definition) is 3. The van der Waals surface area contributed by atoms with Gasteiger partial charge in [-0.2, -0.15) is 0 Å². The second kappa shape index (κ2) is 6.40. The number of nitrogens with zero attached hydrogens (tertiary/aromatic N) is 1. The molecule has 0 aromatic carbocycles. The van der Waals surface area contributed by atoms with E-state index >= 15 is 0 Å². The van der Waals surface area contributed by atoms with Crippen molar-refractivity contribution >= 4 is 5.82 Å². The molecule has 2 rings (SSSR count). The fourth-order valence-corrected chi connectivity index (χ4v) is 1.47. The van der Waals surface area contributed by atoms with Gasteiger partial charge in [0.05, 0.1) is 12.6 Å². The smallest absolute Gasteiger partial charge is 0.126 e. The predicted molar refractivity (Wildman–Crippen MR) is 63.2 cm³/mol. The molecule has 0 aliphatic carbocycles. The molecule has 1 N–H and O–H groups in total. The first-order valence-electron chi connectivity index (χ1n) is 5.61. The molecule has 1 atom stereocenters. The van der Waals surface area contributed by atoms with Crippen LogP contribution in [0, 0.1) is 6.92 Å². The van der Waals surface area contributed by atoms with E-state index in [0.29, 0.717) is 6.04 Å². The second-order valence-electron chi connectivity index (χ2n) is 3.42. The zero-order valence-electron chi connectivity index (χ0n) is 9.79. The Bertz CT molecular complexity index is 283. The van der Waals surface area contributed by atoms with Gasteiger partial charge in [-0.25, -0.2) is 4.98 Å². The Hall–Kier alpha value is -1.09. The second-order valence-corrected chi connectivity index (χ2v) is 3.42. The Labute approximate surface area is 91.9 Å². The van der Waals surface area contributed by atoms with E-state index in [1.165, 1.54) is 5.56 Å². The Morgan fingerprint density at radius 1 is 1.47 bits per heavy atom. The van der Waals surface area contributed by atoms with Gasteiger partial charge in [-0.05, 0) is 31.0 Å². The van der Waals surface area contributed by atoms with Gasteiger partial charge in [0.25, 0.3) is 0 Å². The molecule has 0 saturated carbocycles. The molecule has 1 aromatic rings. The average Bonchev–Trinajstić information content (AvgIpc) is 2.74. The van der Waals surface area contributed by atoms with Crippen LogP contribution in [0.5, 0.6) is 0 Å². The predicted octanol–water partition coefficient (Wildman–Crippen LogP) is 2.62. The van der Waals surface area contributed by atoms with Crippen molar-refractivity contribution in [1.29, 1.82) is 0 Å². The molecule has 3 heteroatoms. The van der Waals surface area contributed by atoms with E-state index in [1.54, 1.807) is 0 Å². The van der Waals surface area contributed by atoms with E-state index in [0.717, 1.165) is 25.5 Å². The quantitative estimate of drug-likeness (QED) is 0.811. The molecule has 0 spiro atoms. The minimum Gasteiger partial charge on any atom is -0.379 e. The third kappa shape index (κ3) is 3.88. The number of rotatable bonds is 2. The molecular weight excluding hydrogens is 188 g/mol. The number of ether oxygens (including phenoxy) is 1. The van der Waals surface area contributed by atoms with Crippen LogP contribution in [0.2, 0.25) is 0 Å². The van der Waals surface area contributed by atoms with Crippen LogP contribution < -0.4 is 5.32 Å². The summed E-state index contributed by atoms with van der Waals surface area (Å²) in [4.78, 5) is 4.24. The van der Waals surface area contributed by atoms with Crippen LogP contribution in [0.4, 0.5) is 5.82 Å². The van der Waals surface area contributed by atoms with Crippen molar-refractivity contribution in [3.05, 3.63) is 23.9 Å². The molecule has 0 bridgehead atoms. The summed E-state index contributed by atoms with van der Waals surface area (Å²) in [6, 6.07) is 4.49. The summed E-state index contributed by atoms with van der Waals surface area (Å²) >= 11 is 0.